The first-order valence-electron chi connectivity index (χ1n) is 29.3. The van der Waals surface area contributed by atoms with Gasteiger partial charge in [0.1, 0.15) is 24.2 Å². The minimum Gasteiger partial charge on any atom is -0.264 e. The van der Waals surface area contributed by atoms with Crippen molar-refractivity contribution in [2.45, 2.75) is 166 Å². The topological polar surface area (TPSA) is 77.3 Å². The zero-order valence-corrected chi connectivity index (χ0v) is 55.3. The lowest BCUT2D eigenvalue weighted by atomic mass is 10.1. The van der Waals surface area contributed by atoms with Gasteiger partial charge in [0, 0.05) is 104 Å². The van der Waals surface area contributed by atoms with E-state index >= 15 is 0 Å². The monoisotopic (exact) mass is 1310 g/mol. The number of nitrogens with zero attached hydrogens (tertiary/aromatic N) is 6. The molecular weight excluding hydrogens is 1230 g/mol. The third kappa shape index (κ3) is 36.4. The largest absolute Gasteiger partial charge is 0.416 e. The minimum absolute atomic E-state index is 0.0185. The van der Waals surface area contributed by atoms with Crippen LogP contribution >= 0.6 is 0 Å². The third-order valence-electron chi connectivity index (χ3n) is 12.4. The zero-order chi connectivity index (χ0) is 70.9. The molecule has 0 saturated carbocycles. The highest BCUT2D eigenvalue weighted by molar-refractivity contribution is 5.27. The number of halogens is 14. The molecule has 93 heavy (non-hydrogen) atoms. The van der Waals surface area contributed by atoms with E-state index in [1.165, 1.54) is 93.0 Å². The normalized spacial score (nSPS) is 11.8. The van der Waals surface area contributed by atoms with Gasteiger partial charge in [-0.15, -0.1) is 0 Å². The van der Waals surface area contributed by atoms with E-state index in [-0.39, 0.29) is 22.4 Å². The van der Waals surface area contributed by atoms with Crippen molar-refractivity contribution in [3.63, 3.8) is 0 Å². The van der Waals surface area contributed by atoms with E-state index < -0.39 is 54.4 Å². The number of rotatable bonds is 8. The van der Waals surface area contributed by atoms with Crippen molar-refractivity contribution in [1.29, 1.82) is 0 Å². The Balaban J connectivity index is 0.000000523. The minimum atomic E-state index is -4.22. The molecule has 0 fully saturated rings. The number of hydrogen-bond acceptors (Lipinski definition) is 6. The van der Waals surface area contributed by atoms with Crippen LogP contribution < -0.4 is 0 Å². The highest BCUT2D eigenvalue weighted by Crippen LogP contribution is 2.30. The van der Waals surface area contributed by atoms with Crippen molar-refractivity contribution >= 4 is 0 Å². The van der Waals surface area contributed by atoms with Gasteiger partial charge in [-0.05, 0) is 184 Å². The average molecular weight is 1310 g/mol. The number of pyridine rings is 6. The van der Waals surface area contributed by atoms with Crippen molar-refractivity contribution in [3.8, 4) is 0 Å². The Morgan fingerprint density at radius 1 is 0.355 bits per heavy atom. The molecule has 9 rings (SSSR count). The predicted octanol–water partition coefficient (Wildman–Crippen LogP) is 23.3. The molecule has 9 aromatic rings. The van der Waals surface area contributed by atoms with Crippen molar-refractivity contribution in [2.75, 3.05) is 0 Å². The molecule has 0 aliphatic carbocycles. The van der Waals surface area contributed by atoms with Crippen LogP contribution in [0.1, 0.15) is 174 Å². The summed E-state index contributed by atoms with van der Waals surface area (Å²) in [6.07, 6.45) is 3.86. The SMILES string of the molecule is CCc1cccc(C)c1.Cc1cc(C(C)(F)F)ccn1.Cc1cc(C(C)F)ccn1.Cc1cccc(C(F)(F)F)c1.Cc1cccc(C(F)F)c1.Cc1ccnc(C(C)(F)F)c1.Cc1ccnc(C(C)F)c1.Cc1cncc(C(C)(F)F)c1.Cc1cncc(C(C)F)c1. The summed E-state index contributed by atoms with van der Waals surface area (Å²) in [4.78, 5) is 22.7. The molecule has 3 atom stereocenters. The van der Waals surface area contributed by atoms with E-state index in [0.29, 0.717) is 28.1 Å². The molecule has 0 saturated heterocycles. The van der Waals surface area contributed by atoms with Crippen LogP contribution in [-0.4, -0.2) is 29.9 Å². The highest BCUT2D eigenvalue weighted by atomic mass is 19.4. The third-order valence-corrected chi connectivity index (χ3v) is 12.4. The van der Waals surface area contributed by atoms with Crippen LogP contribution in [0, 0.1) is 62.3 Å². The zero-order valence-electron chi connectivity index (χ0n) is 55.3. The molecule has 6 aromatic heterocycles. The predicted molar refractivity (Wildman–Crippen MR) is 344 cm³/mol. The van der Waals surface area contributed by atoms with Crippen LogP contribution in [0.25, 0.3) is 0 Å². The number of aromatic nitrogens is 6. The molecule has 504 valence electrons. The first-order valence-corrected chi connectivity index (χ1v) is 29.3. The van der Waals surface area contributed by atoms with Gasteiger partial charge in [0.05, 0.1) is 11.3 Å². The van der Waals surface area contributed by atoms with Crippen LogP contribution in [0.15, 0.2) is 183 Å². The molecule has 6 nitrogen and oxygen atoms in total. The maximum atomic E-state index is 12.6. The molecule has 0 aliphatic heterocycles. The standard InChI is InChI=1S/C9H12.C8H7F3.3C8H9F2N.C8H8F2.3C8H10FN/c1-3-9-6-4-5-8(2)7-9;1-6-3-2-4-7(5-6)8(9,10)11;1-6-3-7(5-11-4-6)8(2,9)10;1-6-5-7(3-4-11-6)8(2,9)10;1-6-3-4-11-7(5-6)8(2,9)10;1-6-3-2-4-7(5-6)8(9)10;1-6-3-8(7(2)9)5-10-4-6;1-6-5-8(7(2)9)3-4-10-6;1-6-3-4-10-8(5-6)7(2)9/h4-7H,3H2,1-2H3;2-5H,1H3;3*3-5H,1-2H3;2-5,8H,1H3;3*3-5,7H,1-2H3. The van der Waals surface area contributed by atoms with Gasteiger partial charge in [0.2, 0.25) is 0 Å². The molecule has 3 unspecified atom stereocenters. The summed E-state index contributed by atoms with van der Waals surface area (Å²) in [5.41, 5.74) is 10.6. The highest BCUT2D eigenvalue weighted by Gasteiger charge is 2.30. The van der Waals surface area contributed by atoms with Crippen LogP contribution in [0.4, 0.5) is 61.5 Å². The maximum absolute atomic E-state index is 12.6. The molecule has 3 aromatic carbocycles. The van der Waals surface area contributed by atoms with Gasteiger partial charge in [-0.3, -0.25) is 29.9 Å². The second-order valence-electron chi connectivity index (χ2n) is 21.9. The number of aryl methyl sites for hydroxylation is 10. The van der Waals surface area contributed by atoms with E-state index in [1.807, 2.05) is 26.8 Å². The fourth-order valence-electron chi connectivity index (χ4n) is 7.34. The number of alkyl halides is 14. The summed E-state index contributed by atoms with van der Waals surface area (Å²) < 4.78 is 173. The Morgan fingerprint density at radius 3 is 1.14 bits per heavy atom. The van der Waals surface area contributed by atoms with Crippen molar-refractivity contribution in [1.82, 2.24) is 29.9 Å². The summed E-state index contributed by atoms with van der Waals surface area (Å²) in [5.74, 6) is -8.36. The van der Waals surface area contributed by atoms with Crippen LogP contribution in [0.5, 0.6) is 0 Å². The van der Waals surface area contributed by atoms with Gasteiger partial charge in [0.25, 0.3) is 24.2 Å². The van der Waals surface area contributed by atoms with E-state index in [1.54, 1.807) is 114 Å². The lowest BCUT2D eigenvalue weighted by molar-refractivity contribution is -0.137. The Bertz CT molecular complexity index is 3140. The molecule has 0 radical (unpaired) electrons. The van der Waals surface area contributed by atoms with Gasteiger partial charge in [-0.2, -0.15) is 22.0 Å². The van der Waals surface area contributed by atoms with E-state index in [2.05, 4.69) is 68.0 Å². The summed E-state index contributed by atoms with van der Waals surface area (Å²) in [6.45, 7) is 25.7. The van der Waals surface area contributed by atoms with Crippen LogP contribution in [0.2, 0.25) is 0 Å². The van der Waals surface area contributed by atoms with Gasteiger partial charge in [0.15, 0.2) is 0 Å². The molecule has 0 N–H and O–H groups in total. The van der Waals surface area contributed by atoms with Gasteiger partial charge in [-0.25, -0.2) is 39.5 Å². The second-order valence-corrected chi connectivity index (χ2v) is 21.9. The Hall–Kier alpha value is -8.42. The van der Waals surface area contributed by atoms with E-state index in [0.717, 1.165) is 72.8 Å². The Labute approximate surface area is 539 Å². The maximum Gasteiger partial charge on any atom is 0.416 e. The summed E-state index contributed by atoms with van der Waals surface area (Å²) in [7, 11) is 0. The van der Waals surface area contributed by atoms with E-state index in [4.69, 9.17) is 0 Å². The molecule has 0 spiro atoms. The Kier molecular flexibility index (Phi) is 36.0. The molecule has 0 bridgehead atoms. The lowest BCUT2D eigenvalue weighted by Crippen LogP contribution is -2.09. The molecule has 0 amide bonds. The van der Waals surface area contributed by atoms with Crippen LogP contribution in [0.3, 0.4) is 0 Å². The fourth-order valence-corrected chi connectivity index (χ4v) is 7.34. The average Bonchev–Trinajstić information content (AvgIpc) is 2.09. The molecular formula is C73H84F14N6. The summed E-state index contributed by atoms with van der Waals surface area (Å²) >= 11 is 0. The molecule has 6 heterocycles. The second kappa shape index (κ2) is 40.5. The first-order chi connectivity index (χ1) is 43.1. The molecule has 0 aliphatic rings. The Morgan fingerprint density at radius 2 is 0.806 bits per heavy atom. The lowest BCUT2D eigenvalue weighted by Gasteiger charge is -2.09. The van der Waals surface area contributed by atoms with Gasteiger partial charge >= 0.3 is 6.18 Å². The summed E-state index contributed by atoms with van der Waals surface area (Å²) in [5, 5.41) is 0. The number of benzene rings is 3. The fraction of sp³-hybridized carbons (Fsp3) is 0.342. The molecule has 20 heteroatoms. The van der Waals surface area contributed by atoms with Gasteiger partial charge < -0.3 is 0 Å². The van der Waals surface area contributed by atoms with Crippen molar-refractivity contribution < 1.29 is 61.5 Å². The summed E-state index contributed by atoms with van der Waals surface area (Å²) in [6, 6.07) is 36.3. The van der Waals surface area contributed by atoms with Gasteiger partial charge in [-0.1, -0.05) is 96.4 Å². The van der Waals surface area contributed by atoms with Crippen LogP contribution in [-0.2, 0) is 30.4 Å². The first kappa shape index (κ1) is 82.6. The van der Waals surface area contributed by atoms with Crippen molar-refractivity contribution in [2.24, 2.45) is 0 Å². The smallest absolute Gasteiger partial charge is 0.264 e. The number of hydrogen-bond donors (Lipinski definition) is 0. The van der Waals surface area contributed by atoms with E-state index in [9.17, 15) is 61.5 Å². The van der Waals surface area contributed by atoms with Crippen molar-refractivity contribution in [3.05, 3.63) is 284 Å². The quantitative estimate of drug-likeness (QED) is 0.141.